The van der Waals surface area contributed by atoms with Crippen molar-refractivity contribution < 1.29 is 17.9 Å². The summed E-state index contributed by atoms with van der Waals surface area (Å²) in [6.45, 7) is -0.123. The van der Waals surface area contributed by atoms with Crippen LogP contribution in [0.1, 0.15) is 5.56 Å². The smallest absolute Gasteiger partial charge is 0.403 e. The standard InChI is InChI=1S/C7H7F3IN3O/c8-7(9,10)15-5-3(1-12)6(11)14-2-4(5)13/h2H,1,12-13H2. The molecular formula is C7H7F3IN3O. The molecule has 0 aromatic carbocycles. The molecule has 0 atom stereocenters. The van der Waals surface area contributed by atoms with Crippen LogP contribution in [0.2, 0.25) is 0 Å². The van der Waals surface area contributed by atoms with Crippen molar-refractivity contribution in [2.45, 2.75) is 12.9 Å². The molecule has 0 saturated carbocycles. The lowest BCUT2D eigenvalue weighted by atomic mass is 10.2. The van der Waals surface area contributed by atoms with Gasteiger partial charge in [-0.1, -0.05) is 0 Å². The lowest BCUT2D eigenvalue weighted by Crippen LogP contribution is -2.20. The zero-order valence-corrected chi connectivity index (χ0v) is 9.46. The highest BCUT2D eigenvalue weighted by molar-refractivity contribution is 14.1. The second kappa shape index (κ2) is 4.39. The number of rotatable bonds is 2. The van der Waals surface area contributed by atoms with Gasteiger partial charge in [0.05, 0.1) is 11.9 Å². The number of halogens is 4. The molecule has 0 aliphatic heterocycles. The molecule has 0 aliphatic rings. The van der Waals surface area contributed by atoms with Crippen LogP contribution in [0.25, 0.3) is 0 Å². The van der Waals surface area contributed by atoms with Gasteiger partial charge in [0.1, 0.15) is 3.70 Å². The van der Waals surface area contributed by atoms with Gasteiger partial charge in [-0.15, -0.1) is 13.2 Å². The molecule has 8 heteroatoms. The van der Waals surface area contributed by atoms with Crippen molar-refractivity contribution in [3.05, 3.63) is 15.5 Å². The van der Waals surface area contributed by atoms with Gasteiger partial charge in [-0.05, 0) is 22.6 Å². The molecule has 1 aromatic heterocycles. The van der Waals surface area contributed by atoms with Crippen LogP contribution in [-0.2, 0) is 6.54 Å². The fourth-order valence-corrected chi connectivity index (χ4v) is 1.55. The van der Waals surface area contributed by atoms with Crippen LogP contribution < -0.4 is 16.2 Å². The second-order valence-electron chi connectivity index (χ2n) is 2.56. The van der Waals surface area contributed by atoms with Crippen LogP contribution in [0.5, 0.6) is 5.75 Å². The van der Waals surface area contributed by atoms with Gasteiger partial charge in [0, 0.05) is 12.1 Å². The third kappa shape index (κ3) is 3.09. The first-order valence-corrected chi connectivity index (χ1v) is 4.81. The number of nitrogens with zero attached hydrogens (tertiary/aromatic N) is 1. The van der Waals surface area contributed by atoms with Crippen molar-refractivity contribution in [3.8, 4) is 5.75 Å². The molecule has 1 rings (SSSR count). The molecule has 4 N–H and O–H groups in total. The van der Waals surface area contributed by atoms with Gasteiger partial charge >= 0.3 is 6.36 Å². The number of aromatic nitrogens is 1. The third-order valence-corrected chi connectivity index (χ3v) is 2.45. The van der Waals surface area contributed by atoms with E-state index in [1.54, 1.807) is 22.6 Å². The molecule has 15 heavy (non-hydrogen) atoms. The van der Waals surface area contributed by atoms with E-state index in [1.807, 2.05) is 0 Å². The summed E-state index contributed by atoms with van der Waals surface area (Å²) in [4.78, 5) is 3.77. The number of hydrogen-bond donors (Lipinski definition) is 2. The molecule has 0 bridgehead atoms. The van der Waals surface area contributed by atoms with E-state index in [2.05, 4.69) is 9.72 Å². The topological polar surface area (TPSA) is 74.2 Å². The Hall–Kier alpha value is -0.770. The summed E-state index contributed by atoms with van der Waals surface area (Å²) >= 11 is 1.76. The number of alkyl halides is 3. The largest absolute Gasteiger partial charge is 0.573 e. The van der Waals surface area contributed by atoms with Crippen molar-refractivity contribution in [1.29, 1.82) is 0 Å². The predicted molar refractivity (Wildman–Crippen MR) is 55.9 cm³/mol. The number of pyridine rings is 1. The molecule has 0 spiro atoms. The molecule has 84 valence electrons. The summed E-state index contributed by atoms with van der Waals surface area (Å²) in [6, 6.07) is 0. The lowest BCUT2D eigenvalue weighted by molar-refractivity contribution is -0.274. The molecular weight excluding hydrogens is 326 g/mol. The Kier molecular flexibility index (Phi) is 3.60. The van der Waals surface area contributed by atoms with Gasteiger partial charge in [-0.25, -0.2) is 4.98 Å². The Labute approximate surface area is 96.9 Å². The van der Waals surface area contributed by atoms with Gasteiger partial charge in [-0.3, -0.25) is 0 Å². The minimum absolute atomic E-state index is 0.123. The maximum Gasteiger partial charge on any atom is 0.573 e. The summed E-state index contributed by atoms with van der Waals surface area (Å²) in [7, 11) is 0. The fraction of sp³-hybridized carbons (Fsp3) is 0.286. The SMILES string of the molecule is NCc1c(I)ncc(N)c1OC(F)(F)F. The Bertz CT molecular complexity index is 369. The van der Waals surface area contributed by atoms with Crippen molar-refractivity contribution in [2.24, 2.45) is 5.73 Å². The second-order valence-corrected chi connectivity index (χ2v) is 3.59. The maximum atomic E-state index is 12.0. The van der Waals surface area contributed by atoms with Crippen LogP contribution in [0.15, 0.2) is 6.20 Å². The summed E-state index contributed by atoms with van der Waals surface area (Å²) in [5.41, 5.74) is 10.6. The van der Waals surface area contributed by atoms with E-state index < -0.39 is 12.1 Å². The van der Waals surface area contributed by atoms with Crippen molar-refractivity contribution in [2.75, 3.05) is 5.73 Å². The normalized spacial score (nSPS) is 11.5. The van der Waals surface area contributed by atoms with Crippen LogP contribution in [-0.4, -0.2) is 11.3 Å². The van der Waals surface area contributed by atoms with Crippen LogP contribution >= 0.6 is 22.6 Å². The number of anilines is 1. The lowest BCUT2D eigenvalue weighted by Gasteiger charge is -2.14. The highest BCUT2D eigenvalue weighted by Crippen LogP contribution is 2.33. The maximum absolute atomic E-state index is 12.0. The van der Waals surface area contributed by atoms with Crippen molar-refractivity contribution in [1.82, 2.24) is 4.98 Å². The Morgan fingerprint density at radius 1 is 1.47 bits per heavy atom. The Balaban J connectivity index is 3.20. The monoisotopic (exact) mass is 333 g/mol. The fourth-order valence-electron chi connectivity index (χ4n) is 0.944. The Morgan fingerprint density at radius 3 is 2.53 bits per heavy atom. The molecule has 0 amide bonds. The summed E-state index contributed by atoms with van der Waals surface area (Å²) in [5, 5.41) is 0. The van der Waals surface area contributed by atoms with E-state index in [4.69, 9.17) is 11.5 Å². The van der Waals surface area contributed by atoms with Gasteiger partial charge in [-0.2, -0.15) is 0 Å². The van der Waals surface area contributed by atoms with E-state index in [0.29, 0.717) is 3.70 Å². The molecule has 0 saturated heterocycles. The molecule has 1 aromatic rings. The average molecular weight is 333 g/mol. The highest BCUT2D eigenvalue weighted by Gasteiger charge is 2.33. The highest BCUT2D eigenvalue weighted by atomic mass is 127. The predicted octanol–water partition coefficient (Wildman–Crippen LogP) is 1.63. The third-order valence-electron chi connectivity index (χ3n) is 1.52. The molecule has 0 unspecified atom stereocenters. The molecule has 1 heterocycles. The van der Waals surface area contributed by atoms with E-state index in [1.165, 1.54) is 0 Å². The van der Waals surface area contributed by atoms with E-state index in [-0.39, 0.29) is 17.8 Å². The first kappa shape index (κ1) is 12.3. The van der Waals surface area contributed by atoms with Gasteiger partial charge in [0.2, 0.25) is 0 Å². The molecule has 0 fully saturated rings. The number of ether oxygens (including phenoxy) is 1. The summed E-state index contributed by atoms with van der Waals surface area (Å²) in [6.07, 6.45) is -3.69. The van der Waals surface area contributed by atoms with Crippen molar-refractivity contribution in [3.63, 3.8) is 0 Å². The zero-order chi connectivity index (χ0) is 11.6. The zero-order valence-electron chi connectivity index (χ0n) is 7.31. The first-order chi connectivity index (χ1) is 6.85. The number of nitrogen functional groups attached to an aromatic ring is 1. The van der Waals surface area contributed by atoms with Crippen molar-refractivity contribution >= 4 is 28.3 Å². The first-order valence-electron chi connectivity index (χ1n) is 3.74. The summed E-state index contributed by atoms with van der Waals surface area (Å²) < 4.78 is 40.2. The average Bonchev–Trinajstić information content (AvgIpc) is 2.10. The number of nitrogens with two attached hydrogens (primary N) is 2. The van der Waals surface area contributed by atoms with Crippen LogP contribution in [0.3, 0.4) is 0 Å². The van der Waals surface area contributed by atoms with Crippen LogP contribution in [0, 0.1) is 3.70 Å². The minimum Gasteiger partial charge on any atom is -0.403 e. The van der Waals surface area contributed by atoms with Gasteiger partial charge in [0.25, 0.3) is 0 Å². The van der Waals surface area contributed by atoms with E-state index in [0.717, 1.165) is 6.20 Å². The van der Waals surface area contributed by atoms with Gasteiger partial charge < -0.3 is 16.2 Å². The van der Waals surface area contributed by atoms with Crippen LogP contribution in [0.4, 0.5) is 18.9 Å². The minimum atomic E-state index is -4.79. The molecule has 0 aliphatic carbocycles. The van der Waals surface area contributed by atoms with E-state index in [9.17, 15) is 13.2 Å². The summed E-state index contributed by atoms with van der Waals surface area (Å²) in [5.74, 6) is -0.468. The van der Waals surface area contributed by atoms with Gasteiger partial charge in [0.15, 0.2) is 5.75 Å². The van der Waals surface area contributed by atoms with E-state index >= 15 is 0 Å². The Morgan fingerprint density at radius 2 is 2.07 bits per heavy atom. The number of hydrogen-bond acceptors (Lipinski definition) is 4. The molecule has 4 nitrogen and oxygen atoms in total. The quantitative estimate of drug-likeness (QED) is 0.637. The molecule has 0 radical (unpaired) electrons.